The lowest BCUT2D eigenvalue weighted by atomic mass is 10.2. The van der Waals surface area contributed by atoms with Crippen molar-refractivity contribution in [1.82, 2.24) is 20.2 Å². The third-order valence-electron chi connectivity index (χ3n) is 3.41. The van der Waals surface area contributed by atoms with Crippen molar-refractivity contribution in [2.75, 3.05) is 13.1 Å². The summed E-state index contributed by atoms with van der Waals surface area (Å²) in [5.74, 6) is -0.969. The van der Waals surface area contributed by atoms with E-state index in [1.54, 1.807) is 26.0 Å². The van der Waals surface area contributed by atoms with Gasteiger partial charge in [-0.1, -0.05) is 12.1 Å². The summed E-state index contributed by atoms with van der Waals surface area (Å²) >= 11 is 0. The normalized spacial score (nSPS) is 10.3. The van der Waals surface area contributed by atoms with Crippen molar-refractivity contribution in [3.8, 4) is 0 Å². The Morgan fingerprint density at radius 1 is 1.17 bits per heavy atom. The second-order valence-corrected chi connectivity index (χ2v) is 5.27. The maximum Gasteiger partial charge on any atom is 0.274 e. The first-order valence-corrected chi connectivity index (χ1v) is 7.58. The fourth-order valence-corrected chi connectivity index (χ4v) is 2.02. The molecule has 0 aliphatic carbocycles. The Kier molecular flexibility index (Phi) is 5.95. The first-order valence-electron chi connectivity index (χ1n) is 7.58. The Morgan fingerprint density at radius 3 is 2.46 bits per heavy atom. The summed E-state index contributed by atoms with van der Waals surface area (Å²) in [6.45, 7) is 4.13. The summed E-state index contributed by atoms with van der Waals surface area (Å²) in [5, 5.41) is 2.71. The SMILES string of the molecule is CCN(CC(=O)NCc1ccc(F)cc1)C(=O)c1cnc(C)cn1. The lowest BCUT2D eigenvalue weighted by Crippen LogP contribution is -2.40. The number of rotatable bonds is 6. The van der Waals surface area contributed by atoms with E-state index in [1.807, 2.05) is 0 Å². The van der Waals surface area contributed by atoms with Gasteiger partial charge in [-0.05, 0) is 31.5 Å². The first-order chi connectivity index (χ1) is 11.5. The first kappa shape index (κ1) is 17.5. The highest BCUT2D eigenvalue weighted by molar-refractivity contribution is 5.94. The summed E-state index contributed by atoms with van der Waals surface area (Å²) in [7, 11) is 0. The number of halogens is 1. The van der Waals surface area contributed by atoms with E-state index in [4.69, 9.17) is 0 Å². The van der Waals surface area contributed by atoms with Crippen LogP contribution in [0.4, 0.5) is 4.39 Å². The molecule has 1 aromatic carbocycles. The fourth-order valence-electron chi connectivity index (χ4n) is 2.02. The van der Waals surface area contributed by atoms with Crippen LogP contribution in [0.25, 0.3) is 0 Å². The van der Waals surface area contributed by atoms with E-state index in [2.05, 4.69) is 15.3 Å². The predicted molar refractivity (Wildman–Crippen MR) is 86.6 cm³/mol. The molecule has 2 aromatic rings. The highest BCUT2D eigenvalue weighted by Gasteiger charge is 2.18. The molecule has 0 unspecified atom stereocenters. The number of likely N-dealkylation sites (N-methyl/N-ethyl adjacent to an activating group) is 1. The molecule has 0 spiro atoms. The van der Waals surface area contributed by atoms with E-state index < -0.39 is 0 Å². The van der Waals surface area contributed by atoms with Gasteiger partial charge in [-0.15, -0.1) is 0 Å². The zero-order valence-corrected chi connectivity index (χ0v) is 13.6. The highest BCUT2D eigenvalue weighted by Crippen LogP contribution is 2.03. The van der Waals surface area contributed by atoms with Crippen molar-refractivity contribution in [3.63, 3.8) is 0 Å². The molecular formula is C17H19FN4O2. The van der Waals surface area contributed by atoms with Crippen LogP contribution in [-0.2, 0) is 11.3 Å². The van der Waals surface area contributed by atoms with Gasteiger partial charge in [0.15, 0.2) is 0 Å². The quantitative estimate of drug-likeness (QED) is 0.875. The molecule has 0 aliphatic rings. The van der Waals surface area contributed by atoms with Gasteiger partial charge in [0.2, 0.25) is 5.91 Å². The Labute approximate surface area is 139 Å². The molecule has 6 nitrogen and oxygen atoms in total. The molecule has 2 amide bonds. The number of aryl methyl sites for hydroxylation is 1. The van der Waals surface area contributed by atoms with E-state index in [-0.39, 0.29) is 36.4 Å². The van der Waals surface area contributed by atoms with Gasteiger partial charge in [-0.2, -0.15) is 0 Å². The number of nitrogens with zero attached hydrogens (tertiary/aromatic N) is 3. The number of benzene rings is 1. The molecule has 0 radical (unpaired) electrons. The van der Waals surface area contributed by atoms with Crippen molar-refractivity contribution < 1.29 is 14.0 Å². The molecule has 1 N–H and O–H groups in total. The maximum atomic E-state index is 12.8. The van der Waals surface area contributed by atoms with Crippen LogP contribution >= 0.6 is 0 Å². The smallest absolute Gasteiger partial charge is 0.274 e. The van der Waals surface area contributed by atoms with Crippen molar-refractivity contribution in [3.05, 3.63) is 59.4 Å². The minimum atomic E-state index is -0.345. The molecule has 126 valence electrons. The van der Waals surface area contributed by atoms with Crippen LogP contribution in [0.1, 0.15) is 28.7 Å². The number of amides is 2. The molecule has 0 fully saturated rings. The number of nitrogens with one attached hydrogen (secondary N) is 1. The summed E-state index contributed by atoms with van der Waals surface area (Å²) in [4.78, 5) is 33.8. The van der Waals surface area contributed by atoms with E-state index in [9.17, 15) is 14.0 Å². The lowest BCUT2D eigenvalue weighted by Gasteiger charge is -2.19. The van der Waals surface area contributed by atoms with Crippen LogP contribution in [0.5, 0.6) is 0 Å². The van der Waals surface area contributed by atoms with Gasteiger partial charge in [0.05, 0.1) is 18.4 Å². The number of aromatic nitrogens is 2. The van der Waals surface area contributed by atoms with Gasteiger partial charge in [-0.3, -0.25) is 14.6 Å². The third kappa shape index (κ3) is 4.84. The highest BCUT2D eigenvalue weighted by atomic mass is 19.1. The number of hydrogen-bond donors (Lipinski definition) is 1. The minimum Gasteiger partial charge on any atom is -0.350 e. The van der Waals surface area contributed by atoms with E-state index >= 15 is 0 Å². The van der Waals surface area contributed by atoms with Gasteiger partial charge < -0.3 is 10.2 Å². The lowest BCUT2D eigenvalue weighted by molar-refractivity contribution is -0.121. The third-order valence-corrected chi connectivity index (χ3v) is 3.41. The molecule has 2 rings (SSSR count). The van der Waals surface area contributed by atoms with E-state index in [0.29, 0.717) is 12.2 Å². The zero-order chi connectivity index (χ0) is 17.5. The summed E-state index contributed by atoms with van der Waals surface area (Å²) in [6, 6.07) is 5.86. The molecule has 1 aromatic heterocycles. The van der Waals surface area contributed by atoms with Gasteiger partial charge in [0.1, 0.15) is 11.5 Å². The van der Waals surface area contributed by atoms with Gasteiger partial charge in [0, 0.05) is 19.3 Å². The Hall–Kier alpha value is -2.83. The molecule has 0 saturated heterocycles. The molecule has 0 bridgehead atoms. The molecular weight excluding hydrogens is 311 g/mol. The summed E-state index contributed by atoms with van der Waals surface area (Å²) in [5.41, 5.74) is 1.70. The van der Waals surface area contributed by atoms with Crippen LogP contribution in [-0.4, -0.2) is 39.8 Å². The average Bonchev–Trinajstić information content (AvgIpc) is 2.59. The number of carbonyl (C=O) groups is 2. The predicted octanol–water partition coefficient (Wildman–Crippen LogP) is 1.70. The van der Waals surface area contributed by atoms with Crippen molar-refractivity contribution in [2.24, 2.45) is 0 Å². The molecule has 0 aliphatic heterocycles. The Balaban J connectivity index is 1.91. The molecule has 7 heteroatoms. The van der Waals surface area contributed by atoms with Crippen LogP contribution < -0.4 is 5.32 Å². The monoisotopic (exact) mass is 330 g/mol. The van der Waals surface area contributed by atoms with Crippen molar-refractivity contribution >= 4 is 11.8 Å². The molecule has 0 atom stereocenters. The zero-order valence-electron chi connectivity index (χ0n) is 13.6. The standard InChI is InChI=1S/C17H19FN4O2/c1-3-22(17(24)15-10-19-12(2)8-20-15)11-16(23)21-9-13-4-6-14(18)7-5-13/h4-8,10H,3,9,11H2,1-2H3,(H,21,23). The Morgan fingerprint density at radius 2 is 1.88 bits per heavy atom. The van der Waals surface area contributed by atoms with Gasteiger partial charge >= 0.3 is 0 Å². The number of hydrogen-bond acceptors (Lipinski definition) is 4. The maximum absolute atomic E-state index is 12.8. The van der Waals surface area contributed by atoms with E-state index in [0.717, 1.165) is 5.56 Å². The van der Waals surface area contributed by atoms with Gasteiger partial charge in [-0.25, -0.2) is 9.37 Å². The molecule has 0 saturated carbocycles. The average molecular weight is 330 g/mol. The van der Waals surface area contributed by atoms with Crippen molar-refractivity contribution in [1.29, 1.82) is 0 Å². The minimum absolute atomic E-state index is 0.0773. The second-order valence-electron chi connectivity index (χ2n) is 5.27. The largest absolute Gasteiger partial charge is 0.350 e. The van der Waals surface area contributed by atoms with Crippen LogP contribution in [0.3, 0.4) is 0 Å². The van der Waals surface area contributed by atoms with E-state index in [1.165, 1.54) is 29.4 Å². The van der Waals surface area contributed by atoms with Crippen LogP contribution in [0, 0.1) is 12.7 Å². The second kappa shape index (κ2) is 8.14. The molecule has 1 heterocycles. The van der Waals surface area contributed by atoms with Crippen molar-refractivity contribution in [2.45, 2.75) is 20.4 Å². The summed E-state index contributed by atoms with van der Waals surface area (Å²) < 4.78 is 12.8. The Bertz CT molecular complexity index is 702. The van der Waals surface area contributed by atoms with Crippen LogP contribution in [0.2, 0.25) is 0 Å². The van der Waals surface area contributed by atoms with Gasteiger partial charge in [0.25, 0.3) is 5.91 Å². The molecule has 24 heavy (non-hydrogen) atoms. The topological polar surface area (TPSA) is 75.2 Å². The van der Waals surface area contributed by atoms with Crippen LogP contribution in [0.15, 0.2) is 36.7 Å². The number of carbonyl (C=O) groups excluding carboxylic acids is 2. The summed E-state index contributed by atoms with van der Waals surface area (Å²) in [6.07, 6.45) is 2.91. The fraction of sp³-hybridized carbons (Fsp3) is 0.294.